The van der Waals surface area contributed by atoms with Gasteiger partial charge in [0, 0.05) is 12.6 Å². The lowest BCUT2D eigenvalue weighted by atomic mass is 9.98. The summed E-state index contributed by atoms with van der Waals surface area (Å²) in [5.74, 6) is 0.577. The second kappa shape index (κ2) is 5.11. The van der Waals surface area contributed by atoms with E-state index in [2.05, 4.69) is 40.3 Å². The standard InChI is InChI=1S/C14H19N5/c1-18-10-11(9-15)8-14(18)12-4-2-3-5-13(12)19-16-6-7-17-19/h2-7,11,14H,8-10,15H2,1H3. The zero-order valence-electron chi connectivity index (χ0n) is 11.1. The molecule has 2 N–H and O–H groups in total. The van der Waals surface area contributed by atoms with E-state index in [1.807, 2.05) is 6.07 Å². The molecular weight excluding hydrogens is 238 g/mol. The molecule has 0 bridgehead atoms. The fourth-order valence-corrected chi connectivity index (χ4v) is 2.93. The van der Waals surface area contributed by atoms with Crippen LogP contribution in [0.5, 0.6) is 0 Å². The monoisotopic (exact) mass is 257 g/mol. The normalized spacial score (nSPS) is 23.9. The van der Waals surface area contributed by atoms with Crippen LogP contribution >= 0.6 is 0 Å². The van der Waals surface area contributed by atoms with E-state index in [0.29, 0.717) is 12.0 Å². The third-order valence-electron chi connectivity index (χ3n) is 3.90. The molecule has 0 amide bonds. The van der Waals surface area contributed by atoms with Gasteiger partial charge in [0.05, 0.1) is 18.1 Å². The number of rotatable bonds is 3. The molecular formula is C14H19N5. The average Bonchev–Trinajstić information content (AvgIpc) is 3.08. The topological polar surface area (TPSA) is 60.0 Å². The number of likely N-dealkylation sites (tertiary alicyclic amines) is 1. The van der Waals surface area contributed by atoms with Crippen molar-refractivity contribution in [1.29, 1.82) is 0 Å². The summed E-state index contributed by atoms with van der Waals surface area (Å²) < 4.78 is 0. The maximum atomic E-state index is 5.81. The summed E-state index contributed by atoms with van der Waals surface area (Å²) in [5, 5.41) is 8.49. The quantitative estimate of drug-likeness (QED) is 0.898. The minimum atomic E-state index is 0.399. The van der Waals surface area contributed by atoms with Gasteiger partial charge in [-0.25, -0.2) is 0 Å². The van der Waals surface area contributed by atoms with Crippen LogP contribution in [0.3, 0.4) is 0 Å². The molecule has 1 fully saturated rings. The lowest BCUT2D eigenvalue weighted by Crippen LogP contribution is -2.21. The first-order chi connectivity index (χ1) is 9.29. The summed E-state index contributed by atoms with van der Waals surface area (Å²) in [4.78, 5) is 4.07. The highest BCUT2D eigenvalue weighted by atomic mass is 15.5. The summed E-state index contributed by atoms with van der Waals surface area (Å²) in [6, 6.07) is 8.73. The second-order valence-electron chi connectivity index (χ2n) is 5.17. The molecule has 0 spiro atoms. The zero-order chi connectivity index (χ0) is 13.2. The van der Waals surface area contributed by atoms with Crippen molar-refractivity contribution in [3.05, 3.63) is 42.2 Å². The number of benzene rings is 1. The van der Waals surface area contributed by atoms with Crippen molar-refractivity contribution in [2.24, 2.45) is 11.7 Å². The molecule has 1 aliphatic heterocycles. The second-order valence-corrected chi connectivity index (χ2v) is 5.17. The fourth-order valence-electron chi connectivity index (χ4n) is 2.93. The van der Waals surface area contributed by atoms with Crippen LogP contribution in [-0.4, -0.2) is 40.0 Å². The van der Waals surface area contributed by atoms with Crippen LogP contribution < -0.4 is 5.73 Å². The molecule has 2 heterocycles. The first-order valence-electron chi connectivity index (χ1n) is 6.65. The van der Waals surface area contributed by atoms with Crippen LogP contribution in [0.4, 0.5) is 0 Å². The van der Waals surface area contributed by atoms with E-state index in [4.69, 9.17) is 5.73 Å². The molecule has 1 aliphatic rings. The van der Waals surface area contributed by atoms with Crippen molar-refractivity contribution in [2.75, 3.05) is 20.1 Å². The molecule has 5 nitrogen and oxygen atoms in total. The molecule has 3 rings (SSSR count). The molecule has 19 heavy (non-hydrogen) atoms. The summed E-state index contributed by atoms with van der Waals surface area (Å²) in [6.45, 7) is 1.81. The number of nitrogens with two attached hydrogens (primary N) is 1. The maximum absolute atomic E-state index is 5.81. The first-order valence-corrected chi connectivity index (χ1v) is 6.65. The predicted molar refractivity (Wildman–Crippen MR) is 73.9 cm³/mol. The number of nitrogens with zero attached hydrogens (tertiary/aromatic N) is 4. The molecule has 1 aromatic carbocycles. The van der Waals surface area contributed by atoms with Gasteiger partial charge in [-0.3, -0.25) is 4.90 Å². The molecule has 2 aromatic rings. The Morgan fingerprint density at radius 2 is 2.00 bits per heavy atom. The van der Waals surface area contributed by atoms with E-state index in [0.717, 1.165) is 25.2 Å². The minimum Gasteiger partial charge on any atom is -0.330 e. The van der Waals surface area contributed by atoms with Gasteiger partial charge < -0.3 is 5.73 Å². The Kier molecular flexibility index (Phi) is 3.31. The van der Waals surface area contributed by atoms with Gasteiger partial charge in [0.15, 0.2) is 0 Å². The molecule has 100 valence electrons. The van der Waals surface area contributed by atoms with Crippen molar-refractivity contribution in [1.82, 2.24) is 19.9 Å². The van der Waals surface area contributed by atoms with Gasteiger partial charge in [0.2, 0.25) is 0 Å². The van der Waals surface area contributed by atoms with Crippen LogP contribution in [0.15, 0.2) is 36.7 Å². The number of hydrogen-bond acceptors (Lipinski definition) is 4. The molecule has 2 unspecified atom stereocenters. The molecule has 1 aromatic heterocycles. The number of para-hydroxylation sites is 1. The highest BCUT2D eigenvalue weighted by molar-refractivity contribution is 5.41. The molecule has 0 saturated carbocycles. The Bertz CT molecular complexity index is 537. The maximum Gasteiger partial charge on any atom is 0.0904 e. The van der Waals surface area contributed by atoms with E-state index in [1.165, 1.54) is 5.56 Å². The van der Waals surface area contributed by atoms with Crippen LogP contribution in [0, 0.1) is 5.92 Å². The van der Waals surface area contributed by atoms with Crippen LogP contribution in [0.1, 0.15) is 18.0 Å². The summed E-state index contributed by atoms with van der Waals surface area (Å²) >= 11 is 0. The fraction of sp³-hybridized carbons (Fsp3) is 0.429. The van der Waals surface area contributed by atoms with Gasteiger partial charge >= 0.3 is 0 Å². The smallest absolute Gasteiger partial charge is 0.0904 e. The average molecular weight is 257 g/mol. The molecule has 5 heteroatoms. The largest absolute Gasteiger partial charge is 0.330 e. The Labute approximate surface area is 113 Å². The van der Waals surface area contributed by atoms with Crippen LogP contribution in [0.2, 0.25) is 0 Å². The van der Waals surface area contributed by atoms with Gasteiger partial charge in [-0.2, -0.15) is 15.0 Å². The third kappa shape index (κ3) is 2.27. The minimum absolute atomic E-state index is 0.399. The number of aromatic nitrogens is 3. The van der Waals surface area contributed by atoms with Gasteiger partial charge in [-0.05, 0) is 37.6 Å². The molecule has 1 saturated heterocycles. The Morgan fingerprint density at radius 1 is 1.26 bits per heavy atom. The van der Waals surface area contributed by atoms with Gasteiger partial charge in [-0.1, -0.05) is 18.2 Å². The lowest BCUT2D eigenvalue weighted by molar-refractivity contribution is 0.313. The van der Waals surface area contributed by atoms with E-state index in [1.54, 1.807) is 17.2 Å². The number of hydrogen-bond donors (Lipinski definition) is 1. The highest BCUT2D eigenvalue weighted by Crippen LogP contribution is 2.36. The van der Waals surface area contributed by atoms with E-state index in [-0.39, 0.29) is 0 Å². The van der Waals surface area contributed by atoms with Crippen LogP contribution in [-0.2, 0) is 0 Å². The molecule has 0 aliphatic carbocycles. The van der Waals surface area contributed by atoms with Crippen molar-refractivity contribution in [3.8, 4) is 5.69 Å². The molecule has 0 radical (unpaired) electrons. The van der Waals surface area contributed by atoms with Crippen molar-refractivity contribution in [3.63, 3.8) is 0 Å². The predicted octanol–water partition coefficient (Wildman–Crippen LogP) is 1.22. The molecule has 2 atom stereocenters. The lowest BCUT2D eigenvalue weighted by Gasteiger charge is -2.21. The van der Waals surface area contributed by atoms with Crippen molar-refractivity contribution < 1.29 is 0 Å². The van der Waals surface area contributed by atoms with E-state index in [9.17, 15) is 0 Å². The highest BCUT2D eigenvalue weighted by Gasteiger charge is 2.31. The summed E-state index contributed by atoms with van der Waals surface area (Å²) in [6.07, 6.45) is 4.51. The van der Waals surface area contributed by atoms with Gasteiger partial charge in [0.1, 0.15) is 0 Å². The summed E-state index contributed by atoms with van der Waals surface area (Å²) in [7, 11) is 2.16. The Hall–Kier alpha value is -1.72. The van der Waals surface area contributed by atoms with Crippen molar-refractivity contribution in [2.45, 2.75) is 12.5 Å². The van der Waals surface area contributed by atoms with Gasteiger partial charge in [-0.15, -0.1) is 0 Å². The zero-order valence-corrected chi connectivity index (χ0v) is 11.1. The third-order valence-corrected chi connectivity index (χ3v) is 3.90. The van der Waals surface area contributed by atoms with E-state index >= 15 is 0 Å². The Balaban J connectivity index is 1.97. The van der Waals surface area contributed by atoms with E-state index < -0.39 is 0 Å². The summed E-state index contributed by atoms with van der Waals surface area (Å²) in [5.41, 5.74) is 8.14. The Morgan fingerprint density at radius 3 is 2.68 bits per heavy atom. The van der Waals surface area contributed by atoms with Crippen molar-refractivity contribution >= 4 is 0 Å². The SMILES string of the molecule is CN1CC(CN)CC1c1ccccc1-n1nccn1. The van der Waals surface area contributed by atoms with Gasteiger partial charge in [0.25, 0.3) is 0 Å². The first kappa shape index (κ1) is 12.3. The van der Waals surface area contributed by atoms with Crippen LogP contribution in [0.25, 0.3) is 5.69 Å².